The SMILES string of the molecule is N#Cc1ccc2cn(C3CCC(CN)CC3)nc2c1. The molecular weight excluding hydrogens is 236 g/mol. The second-order valence-corrected chi connectivity index (χ2v) is 5.40. The molecular formula is C15H18N4. The van der Waals surface area contributed by atoms with Crippen LogP contribution in [0, 0.1) is 17.2 Å². The first kappa shape index (κ1) is 12.2. The minimum Gasteiger partial charge on any atom is -0.330 e. The third kappa shape index (κ3) is 2.34. The first-order valence-electron chi connectivity index (χ1n) is 6.89. The maximum Gasteiger partial charge on any atom is 0.0992 e. The summed E-state index contributed by atoms with van der Waals surface area (Å²) in [5.41, 5.74) is 7.32. The summed E-state index contributed by atoms with van der Waals surface area (Å²) in [4.78, 5) is 0. The molecule has 4 heteroatoms. The monoisotopic (exact) mass is 254 g/mol. The zero-order valence-corrected chi connectivity index (χ0v) is 10.9. The van der Waals surface area contributed by atoms with Gasteiger partial charge in [-0.2, -0.15) is 10.4 Å². The van der Waals surface area contributed by atoms with Gasteiger partial charge in [-0.05, 0) is 56.3 Å². The van der Waals surface area contributed by atoms with E-state index in [-0.39, 0.29) is 0 Å². The topological polar surface area (TPSA) is 67.6 Å². The lowest BCUT2D eigenvalue weighted by Crippen LogP contribution is -2.23. The Morgan fingerprint density at radius 3 is 2.79 bits per heavy atom. The Hall–Kier alpha value is -1.86. The van der Waals surface area contributed by atoms with Crippen molar-refractivity contribution in [3.8, 4) is 6.07 Å². The Kier molecular flexibility index (Phi) is 3.22. The standard InChI is InChI=1S/C15H18N4/c16-8-11-2-5-14(6-3-11)19-10-13-4-1-12(9-17)7-15(13)18-19/h1,4,7,10-11,14H,2-3,5-6,8,16H2. The minimum absolute atomic E-state index is 0.487. The molecule has 98 valence electrons. The van der Waals surface area contributed by atoms with Crippen LogP contribution in [0.1, 0.15) is 37.3 Å². The molecule has 1 fully saturated rings. The van der Waals surface area contributed by atoms with Crippen LogP contribution in [0.15, 0.2) is 24.4 Å². The first-order chi connectivity index (χ1) is 9.30. The number of aromatic nitrogens is 2. The molecule has 0 atom stereocenters. The van der Waals surface area contributed by atoms with Gasteiger partial charge in [0.05, 0.1) is 23.2 Å². The molecule has 2 aromatic rings. The van der Waals surface area contributed by atoms with Gasteiger partial charge in [-0.15, -0.1) is 0 Å². The van der Waals surface area contributed by atoms with Crippen molar-refractivity contribution >= 4 is 10.9 Å². The van der Waals surface area contributed by atoms with Gasteiger partial charge in [0, 0.05) is 11.6 Å². The van der Waals surface area contributed by atoms with Crippen LogP contribution in [-0.4, -0.2) is 16.3 Å². The van der Waals surface area contributed by atoms with Gasteiger partial charge in [0.25, 0.3) is 0 Å². The second kappa shape index (κ2) is 5.02. The van der Waals surface area contributed by atoms with E-state index < -0.39 is 0 Å². The number of nitrogens with zero attached hydrogens (tertiary/aromatic N) is 3. The molecule has 0 spiro atoms. The lowest BCUT2D eigenvalue weighted by atomic mass is 9.86. The molecule has 0 unspecified atom stereocenters. The average molecular weight is 254 g/mol. The van der Waals surface area contributed by atoms with E-state index in [0.29, 0.717) is 17.5 Å². The van der Waals surface area contributed by atoms with Gasteiger partial charge in [0.2, 0.25) is 0 Å². The van der Waals surface area contributed by atoms with Gasteiger partial charge in [-0.25, -0.2) is 0 Å². The third-order valence-electron chi connectivity index (χ3n) is 4.18. The van der Waals surface area contributed by atoms with Crippen molar-refractivity contribution in [2.45, 2.75) is 31.7 Å². The minimum atomic E-state index is 0.487. The van der Waals surface area contributed by atoms with Crippen LogP contribution in [0.3, 0.4) is 0 Å². The summed E-state index contributed by atoms with van der Waals surface area (Å²) in [5, 5.41) is 14.7. The lowest BCUT2D eigenvalue weighted by Gasteiger charge is -2.27. The van der Waals surface area contributed by atoms with Gasteiger partial charge >= 0.3 is 0 Å². The van der Waals surface area contributed by atoms with Crippen molar-refractivity contribution in [3.63, 3.8) is 0 Å². The van der Waals surface area contributed by atoms with Crippen molar-refractivity contribution in [1.82, 2.24) is 9.78 Å². The maximum absolute atomic E-state index is 8.91. The summed E-state index contributed by atoms with van der Waals surface area (Å²) in [6.45, 7) is 0.805. The van der Waals surface area contributed by atoms with Crippen molar-refractivity contribution < 1.29 is 0 Å². The van der Waals surface area contributed by atoms with Crippen LogP contribution in [-0.2, 0) is 0 Å². The molecule has 4 nitrogen and oxygen atoms in total. The summed E-state index contributed by atoms with van der Waals surface area (Å²) in [6.07, 6.45) is 6.80. The Morgan fingerprint density at radius 2 is 2.11 bits per heavy atom. The molecule has 1 heterocycles. The summed E-state index contributed by atoms with van der Waals surface area (Å²) in [6, 6.07) is 8.33. The fourth-order valence-electron chi connectivity index (χ4n) is 2.94. The highest BCUT2D eigenvalue weighted by atomic mass is 15.3. The van der Waals surface area contributed by atoms with E-state index in [9.17, 15) is 0 Å². The van der Waals surface area contributed by atoms with Crippen molar-refractivity contribution in [2.75, 3.05) is 6.54 Å². The molecule has 0 radical (unpaired) electrons. The maximum atomic E-state index is 8.91. The zero-order chi connectivity index (χ0) is 13.2. The molecule has 1 aromatic heterocycles. The molecule has 1 aliphatic carbocycles. The first-order valence-corrected chi connectivity index (χ1v) is 6.89. The fraction of sp³-hybridized carbons (Fsp3) is 0.467. The van der Waals surface area contributed by atoms with Gasteiger partial charge in [0.15, 0.2) is 0 Å². The lowest BCUT2D eigenvalue weighted by molar-refractivity contribution is 0.266. The van der Waals surface area contributed by atoms with Crippen LogP contribution >= 0.6 is 0 Å². The molecule has 1 saturated carbocycles. The van der Waals surface area contributed by atoms with E-state index in [4.69, 9.17) is 11.0 Å². The molecule has 0 amide bonds. The van der Waals surface area contributed by atoms with Crippen LogP contribution in [0.5, 0.6) is 0 Å². The van der Waals surface area contributed by atoms with E-state index >= 15 is 0 Å². The molecule has 3 rings (SSSR count). The van der Waals surface area contributed by atoms with Crippen LogP contribution in [0.25, 0.3) is 10.9 Å². The molecule has 19 heavy (non-hydrogen) atoms. The third-order valence-corrected chi connectivity index (χ3v) is 4.18. The molecule has 2 N–H and O–H groups in total. The largest absolute Gasteiger partial charge is 0.330 e. The van der Waals surface area contributed by atoms with E-state index in [1.807, 2.05) is 18.2 Å². The summed E-state index contributed by atoms with van der Waals surface area (Å²) in [5.74, 6) is 0.686. The Bertz CT molecular complexity index is 615. The van der Waals surface area contributed by atoms with Gasteiger partial charge in [0.1, 0.15) is 0 Å². The molecule has 0 saturated heterocycles. The Labute approximate surface area is 112 Å². The van der Waals surface area contributed by atoms with E-state index in [1.54, 1.807) is 0 Å². The van der Waals surface area contributed by atoms with Gasteiger partial charge in [-0.1, -0.05) is 0 Å². The Balaban J connectivity index is 1.84. The highest BCUT2D eigenvalue weighted by Crippen LogP contribution is 2.32. The van der Waals surface area contributed by atoms with Crippen molar-refractivity contribution in [3.05, 3.63) is 30.0 Å². The molecule has 1 aliphatic rings. The number of hydrogen-bond donors (Lipinski definition) is 1. The second-order valence-electron chi connectivity index (χ2n) is 5.40. The van der Waals surface area contributed by atoms with Gasteiger partial charge < -0.3 is 5.73 Å². The normalized spacial score (nSPS) is 23.4. The molecule has 0 aliphatic heterocycles. The number of benzene rings is 1. The number of nitrogens with two attached hydrogens (primary N) is 1. The predicted molar refractivity (Wildman–Crippen MR) is 74.5 cm³/mol. The summed E-state index contributed by atoms with van der Waals surface area (Å²) >= 11 is 0. The van der Waals surface area contributed by atoms with Crippen molar-refractivity contribution in [2.24, 2.45) is 11.7 Å². The smallest absolute Gasteiger partial charge is 0.0992 e. The average Bonchev–Trinajstić information content (AvgIpc) is 2.90. The van der Waals surface area contributed by atoms with Gasteiger partial charge in [-0.3, -0.25) is 4.68 Å². The van der Waals surface area contributed by atoms with E-state index in [0.717, 1.165) is 30.3 Å². The highest BCUT2D eigenvalue weighted by molar-refractivity contribution is 5.79. The quantitative estimate of drug-likeness (QED) is 0.895. The number of fused-ring (bicyclic) bond motifs is 1. The predicted octanol–water partition coefficient (Wildman–Crippen LogP) is 2.60. The van der Waals surface area contributed by atoms with E-state index in [2.05, 4.69) is 22.0 Å². The van der Waals surface area contributed by atoms with Crippen LogP contribution < -0.4 is 5.73 Å². The molecule has 1 aromatic carbocycles. The van der Waals surface area contributed by atoms with Crippen LogP contribution in [0.4, 0.5) is 0 Å². The zero-order valence-electron chi connectivity index (χ0n) is 10.9. The molecule has 0 bridgehead atoms. The van der Waals surface area contributed by atoms with E-state index in [1.165, 1.54) is 12.8 Å². The van der Waals surface area contributed by atoms with Crippen molar-refractivity contribution in [1.29, 1.82) is 5.26 Å². The number of rotatable bonds is 2. The van der Waals surface area contributed by atoms with Crippen LogP contribution in [0.2, 0.25) is 0 Å². The highest BCUT2D eigenvalue weighted by Gasteiger charge is 2.22. The number of hydrogen-bond acceptors (Lipinski definition) is 3. The fourth-order valence-corrected chi connectivity index (χ4v) is 2.94. The number of nitriles is 1. The summed E-state index contributed by atoms with van der Waals surface area (Å²) in [7, 11) is 0. The summed E-state index contributed by atoms with van der Waals surface area (Å²) < 4.78 is 2.08. The Morgan fingerprint density at radius 1 is 1.32 bits per heavy atom.